The Morgan fingerprint density at radius 1 is 1.41 bits per heavy atom. The van der Waals surface area contributed by atoms with Crippen LogP contribution in [0.2, 0.25) is 5.02 Å². The molecule has 0 bridgehead atoms. The highest BCUT2D eigenvalue weighted by atomic mass is 35.5. The summed E-state index contributed by atoms with van der Waals surface area (Å²) in [5, 5.41) is 7.63. The van der Waals surface area contributed by atoms with Crippen LogP contribution < -0.4 is 5.32 Å². The molecule has 90 valence electrons. The molecular weight excluding hydrogens is 241 g/mol. The Morgan fingerprint density at radius 2 is 2.18 bits per heavy atom. The van der Waals surface area contributed by atoms with Crippen LogP contribution in [-0.4, -0.2) is 9.78 Å². The maximum atomic E-state index is 13.5. The third kappa shape index (κ3) is 2.77. The lowest BCUT2D eigenvalue weighted by Gasteiger charge is -2.07. The lowest BCUT2D eigenvalue weighted by molar-refractivity contribution is 0.629. The molecule has 0 radical (unpaired) electrons. The van der Waals surface area contributed by atoms with Gasteiger partial charge >= 0.3 is 0 Å². The van der Waals surface area contributed by atoms with Crippen molar-refractivity contribution in [3.63, 3.8) is 0 Å². The van der Waals surface area contributed by atoms with Crippen molar-refractivity contribution in [1.82, 2.24) is 9.78 Å². The summed E-state index contributed by atoms with van der Waals surface area (Å²) in [4.78, 5) is 0. The summed E-state index contributed by atoms with van der Waals surface area (Å²) >= 11 is 5.68. The fraction of sp³-hybridized carbons (Fsp3) is 0.250. The summed E-state index contributed by atoms with van der Waals surface area (Å²) in [7, 11) is 1.86. The Hall–Kier alpha value is -1.55. The Kier molecular flexibility index (Phi) is 3.33. The van der Waals surface area contributed by atoms with Crippen LogP contribution in [0.15, 0.2) is 24.3 Å². The third-order valence-electron chi connectivity index (χ3n) is 2.49. The molecule has 1 heterocycles. The molecule has 0 saturated carbocycles. The normalized spacial score (nSPS) is 10.6. The highest BCUT2D eigenvalue weighted by Crippen LogP contribution is 2.19. The van der Waals surface area contributed by atoms with Crippen molar-refractivity contribution in [3.05, 3.63) is 46.5 Å². The Labute approximate surface area is 104 Å². The Bertz CT molecular complexity index is 537. The van der Waals surface area contributed by atoms with Gasteiger partial charge < -0.3 is 5.32 Å². The van der Waals surface area contributed by atoms with E-state index in [4.69, 9.17) is 11.6 Å². The number of aromatic nitrogens is 2. The molecule has 3 nitrogen and oxygen atoms in total. The third-order valence-corrected chi connectivity index (χ3v) is 2.73. The van der Waals surface area contributed by atoms with Gasteiger partial charge in [-0.3, -0.25) is 4.68 Å². The molecule has 1 aromatic heterocycles. The molecule has 5 heteroatoms. The molecule has 0 saturated heterocycles. The van der Waals surface area contributed by atoms with E-state index in [1.54, 1.807) is 16.8 Å². The first-order valence-electron chi connectivity index (χ1n) is 5.24. The minimum Gasteiger partial charge on any atom is -0.377 e. The number of halogens is 2. The molecule has 0 atom stereocenters. The quantitative estimate of drug-likeness (QED) is 0.911. The average molecular weight is 254 g/mol. The van der Waals surface area contributed by atoms with E-state index in [-0.39, 0.29) is 5.82 Å². The van der Waals surface area contributed by atoms with Gasteiger partial charge in [0.25, 0.3) is 0 Å². The van der Waals surface area contributed by atoms with E-state index in [0.717, 1.165) is 11.4 Å². The van der Waals surface area contributed by atoms with Crippen molar-refractivity contribution in [2.45, 2.75) is 13.5 Å². The second-order valence-corrected chi connectivity index (χ2v) is 4.31. The van der Waals surface area contributed by atoms with E-state index < -0.39 is 0 Å². The van der Waals surface area contributed by atoms with E-state index in [1.807, 2.05) is 20.0 Å². The van der Waals surface area contributed by atoms with Gasteiger partial charge in [-0.1, -0.05) is 11.6 Å². The Morgan fingerprint density at radius 3 is 2.76 bits per heavy atom. The van der Waals surface area contributed by atoms with Gasteiger partial charge in [0.1, 0.15) is 5.82 Å². The second-order valence-electron chi connectivity index (χ2n) is 3.88. The molecule has 1 N–H and O–H groups in total. The van der Waals surface area contributed by atoms with Crippen LogP contribution in [0.3, 0.4) is 0 Å². The number of hydrogen-bond acceptors (Lipinski definition) is 2. The minimum atomic E-state index is -0.351. The molecule has 0 spiro atoms. The molecule has 0 aliphatic rings. The summed E-state index contributed by atoms with van der Waals surface area (Å²) in [6.07, 6.45) is 0. The first kappa shape index (κ1) is 11.9. The predicted molar refractivity (Wildman–Crippen MR) is 66.7 cm³/mol. The first-order chi connectivity index (χ1) is 8.06. The molecule has 0 fully saturated rings. The standard InChI is InChI=1S/C12H13ClFN3/c1-8-5-10(17(2)16-8)7-15-12-4-3-9(13)6-11(12)14/h3-6,15H,7H2,1-2H3. The highest BCUT2D eigenvalue weighted by Gasteiger charge is 2.05. The molecular formula is C12H13ClFN3. The maximum Gasteiger partial charge on any atom is 0.147 e. The molecule has 2 aromatic rings. The molecule has 0 amide bonds. The molecule has 1 aromatic carbocycles. The summed E-state index contributed by atoms with van der Waals surface area (Å²) < 4.78 is 15.3. The first-order valence-corrected chi connectivity index (χ1v) is 5.62. The number of nitrogens with zero attached hydrogens (tertiary/aromatic N) is 2. The van der Waals surface area contributed by atoms with E-state index in [1.165, 1.54) is 6.07 Å². The number of hydrogen-bond donors (Lipinski definition) is 1. The van der Waals surface area contributed by atoms with Crippen molar-refractivity contribution >= 4 is 17.3 Å². The van der Waals surface area contributed by atoms with Crippen LogP contribution in [0, 0.1) is 12.7 Å². The van der Waals surface area contributed by atoms with Crippen LogP contribution in [-0.2, 0) is 13.6 Å². The van der Waals surface area contributed by atoms with Crippen molar-refractivity contribution < 1.29 is 4.39 Å². The zero-order valence-electron chi connectivity index (χ0n) is 9.67. The molecule has 0 aliphatic heterocycles. The van der Waals surface area contributed by atoms with Crippen molar-refractivity contribution in [3.8, 4) is 0 Å². The van der Waals surface area contributed by atoms with Crippen LogP contribution in [0.4, 0.5) is 10.1 Å². The average Bonchev–Trinajstić information content (AvgIpc) is 2.56. The van der Waals surface area contributed by atoms with Gasteiger partial charge in [-0.2, -0.15) is 5.10 Å². The lowest BCUT2D eigenvalue weighted by atomic mass is 10.3. The zero-order chi connectivity index (χ0) is 12.4. The van der Waals surface area contributed by atoms with Gasteiger partial charge in [-0.15, -0.1) is 0 Å². The summed E-state index contributed by atoms with van der Waals surface area (Å²) in [5.41, 5.74) is 2.38. The number of anilines is 1. The topological polar surface area (TPSA) is 29.9 Å². The number of nitrogens with one attached hydrogen (secondary N) is 1. The minimum absolute atomic E-state index is 0.351. The van der Waals surface area contributed by atoms with E-state index in [0.29, 0.717) is 17.3 Å². The molecule has 2 rings (SSSR count). The van der Waals surface area contributed by atoms with Gasteiger partial charge in [-0.05, 0) is 31.2 Å². The lowest BCUT2D eigenvalue weighted by Crippen LogP contribution is -2.06. The fourth-order valence-electron chi connectivity index (χ4n) is 1.65. The van der Waals surface area contributed by atoms with Crippen molar-refractivity contribution in [2.75, 3.05) is 5.32 Å². The fourth-order valence-corrected chi connectivity index (χ4v) is 1.81. The van der Waals surface area contributed by atoms with Crippen LogP contribution >= 0.6 is 11.6 Å². The van der Waals surface area contributed by atoms with Crippen molar-refractivity contribution in [2.24, 2.45) is 7.05 Å². The predicted octanol–water partition coefficient (Wildman–Crippen LogP) is 3.13. The molecule has 0 aliphatic carbocycles. The van der Waals surface area contributed by atoms with Gasteiger partial charge in [0, 0.05) is 12.1 Å². The van der Waals surface area contributed by atoms with Crippen LogP contribution in [0.25, 0.3) is 0 Å². The van der Waals surface area contributed by atoms with Crippen LogP contribution in [0.5, 0.6) is 0 Å². The highest BCUT2D eigenvalue weighted by molar-refractivity contribution is 6.30. The smallest absolute Gasteiger partial charge is 0.147 e. The largest absolute Gasteiger partial charge is 0.377 e. The van der Waals surface area contributed by atoms with Crippen molar-refractivity contribution in [1.29, 1.82) is 0 Å². The van der Waals surface area contributed by atoms with E-state index in [2.05, 4.69) is 10.4 Å². The van der Waals surface area contributed by atoms with E-state index >= 15 is 0 Å². The summed E-state index contributed by atoms with van der Waals surface area (Å²) in [6, 6.07) is 6.53. The van der Waals surface area contributed by atoms with Gasteiger partial charge in [0.05, 0.1) is 23.6 Å². The zero-order valence-corrected chi connectivity index (χ0v) is 10.4. The van der Waals surface area contributed by atoms with Gasteiger partial charge in [0.15, 0.2) is 0 Å². The molecule has 17 heavy (non-hydrogen) atoms. The summed E-state index contributed by atoms with van der Waals surface area (Å²) in [5.74, 6) is -0.351. The maximum absolute atomic E-state index is 13.5. The number of aryl methyl sites for hydroxylation is 2. The Balaban J connectivity index is 2.10. The summed E-state index contributed by atoms with van der Waals surface area (Å²) in [6.45, 7) is 2.45. The van der Waals surface area contributed by atoms with Gasteiger partial charge in [-0.25, -0.2) is 4.39 Å². The molecule has 0 unspecified atom stereocenters. The van der Waals surface area contributed by atoms with Gasteiger partial charge in [0.2, 0.25) is 0 Å². The monoisotopic (exact) mass is 253 g/mol. The second kappa shape index (κ2) is 4.75. The SMILES string of the molecule is Cc1cc(CNc2ccc(Cl)cc2F)n(C)n1. The van der Waals surface area contributed by atoms with Crippen LogP contribution in [0.1, 0.15) is 11.4 Å². The number of benzene rings is 1. The van der Waals surface area contributed by atoms with E-state index in [9.17, 15) is 4.39 Å². The number of rotatable bonds is 3.